The molecule has 0 fully saturated rings. The average Bonchev–Trinajstić information content (AvgIpc) is 0. The Kier molecular flexibility index (Phi) is 195. The summed E-state index contributed by atoms with van der Waals surface area (Å²) in [5.41, 5.74) is 0. The molecule has 4 heavy (non-hydrogen) atoms. The second-order valence-electron chi connectivity index (χ2n) is 0. The van der Waals surface area contributed by atoms with Crippen LogP contribution in [0.5, 0.6) is 0 Å². The van der Waals surface area contributed by atoms with Crippen molar-refractivity contribution in [3.63, 3.8) is 0 Å². The number of hydrogen-bond donors (Lipinski definition) is 0. The van der Waals surface area contributed by atoms with Crippen LogP contribution in [0.3, 0.4) is 0 Å². The Labute approximate surface area is 67.4 Å². The fraction of sp³-hybridized carbons (Fsp3) is 1.00. The molecule has 0 aromatic carbocycles. The van der Waals surface area contributed by atoms with Crippen LogP contribution < -0.4 is 0 Å². The molecule has 0 saturated heterocycles. The number of hydrogen-bond acceptors (Lipinski definition) is 0. The van der Waals surface area contributed by atoms with Gasteiger partial charge in [0.2, 0.25) is 0 Å². The zero-order valence-electron chi connectivity index (χ0n) is 0.971. The van der Waals surface area contributed by atoms with Crippen LogP contribution in [0.25, 0.3) is 0 Å². The fourth-order valence-electron chi connectivity index (χ4n) is 0. The van der Waals surface area contributed by atoms with E-state index in [0.29, 0.717) is 0 Å². The van der Waals surface area contributed by atoms with E-state index in [9.17, 15) is 0 Å². The molecule has 0 atom stereocenters. The Morgan fingerprint density at radius 3 is 1.00 bits per heavy atom. The molecule has 1 radical (unpaired) electrons. The van der Waals surface area contributed by atoms with E-state index in [1.165, 1.54) is 0 Å². The minimum atomic E-state index is 0. The summed E-state index contributed by atoms with van der Waals surface area (Å²) in [6.07, 6.45) is 0. The van der Waals surface area contributed by atoms with E-state index in [2.05, 4.69) is 0 Å². The van der Waals surface area contributed by atoms with Gasteiger partial charge in [0.1, 0.15) is 0 Å². The van der Waals surface area contributed by atoms with E-state index >= 15 is 0 Å². The van der Waals surface area contributed by atoms with Gasteiger partial charge in [-0.1, -0.05) is 7.43 Å². The second kappa shape index (κ2) is 20.3. The molecule has 0 N–H and O–H groups in total. The topological polar surface area (TPSA) is 0 Å². The smallest absolute Gasteiger partial charge is 0 e. The monoisotopic (exact) mass is 374 g/mol. The maximum absolute atomic E-state index is 0. The molecule has 37 valence electrons. The summed E-state index contributed by atoms with van der Waals surface area (Å²) in [7, 11) is 0. The van der Waals surface area contributed by atoms with Gasteiger partial charge in [-0.25, -0.2) is 0 Å². The van der Waals surface area contributed by atoms with Crippen LogP contribution in [-0.2, 0) is 60.5 Å². The zero-order chi connectivity index (χ0) is 0. The van der Waals surface area contributed by atoms with E-state index in [1.54, 1.807) is 0 Å². The van der Waals surface area contributed by atoms with Gasteiger partial charge in [-0.15, -0.1) is 0 Å². The molecule has 0 nitrogen and oxygen atoms in total. The molecule has 0 aliphatic carbocycles. The van der Waals surface area contributed by atoms with Crippen LogP contribution in [-0.4, -0.2) is 0 Å². The van der Waals surface area contributed by atoms with Crippen molar-refractivity contribution in [2.45, 2.75) is 7.43 Å². The molecule has 3 heteroatoms. The van der Waals surface area contributed by atoms with Crippen molar-refractivity contribution in [3.05, 3.63) is 0 Å². The van der Waals surface area contributed by atoms with E-state index in [-0.39, 0.29) is 67.9 Å². The standard InChI is InChI=1S/CH4.Ag.Fe.Pt/h1H4;;;. The van der Waals surface area contributed by atoms with Gasteiger partial charge in [0.15, 0.2) is 0 Å². The van der Waals surface area contributed by atoms with E-state index in [4.69, 9.17) is 0 Å². The van der Waals surface area contributed by atoms with Gasteiger partial charge in [0.25, 0.3) is 0 Å². The second-order valence-corrected chi connectivity index (χ2v) is 0. The Balaban J connectivity index is 0. The third kappa shape index (κ3) is 9.04. The van der Waals surface area contributed by atoms with Gasteiger partial charge < -0.3 is 0 Å². The molecule has 0 unspecified atom stereocenters. The minimum absolute atomic E-state index is 0. The molecule has 0 aliphatic heterocycles. The average molecular weight is 375 g/mol. The summed E-state index contributed by atoms with van der Waals surface area (Å²) >= 11 is 0. The first-order valence-electron chi connectivity index (χ1n) is 0. The Morgan fingerprint density at radius 1 is 1.00 bits per heavy atom. The predicted octanol–water partition coefficient (Wildman–Crippen LogP) is 0.629. The van der Waals surface area contributed by atoms with Gasteiger partial charge >= 0.3 is 0 Å². The first-order valence-corrected chi connectivity index (χ1v) is 0. The third-order valence-corrected chi connectivity index (χ3v) is 0. The number of rotatable bonds is 0. The van der Waals surface area contributed by atoms with Crippen molar-refractivity contribution in [2.24, 2.45) is 0 Å². The van der Waals surface area contributed by atoms with Crippen LogP contribution in [0.15, 0.2) is 0 Å². The molecule has 0 amide bonds. The molecule has 0 aliphatic rings. The maximum atomic E-state index is 0. The summed E-state index contributed by atoms with van der Waals surface area (Å²) < 4.78 is 0. The normalized spacial score (nSPS) is 0. The van der Waals surface area contributed by atoms with Crippen molar-refractivity contribution in [2.75, 3.05) is 0 Å². The minimum Gasteiger partial charge on any atom is -0.0776 e. The Bertz CT molecular complexity index is 8.00. The quantitative estimate of drug-likeness (QED) is 0.546. The van der Waals surface area contributed by atoms with E-state index in [0.717, 1.165) is 0 Å². The van der Waals surface area contributed by atoms with Gasteiger partial charge in [-0.05, 0) is 0 Å². The molecule has 0 aromatic rings. The molecule has 0 aromatic heterocycles. The molecular formula is CH4AgFePt. The first kappa shape index (κ1) is 38.4. The summed E-state index contributed by atoms with van der Waals surface area (Å²) in [6, 6.07) is 0. The van der Waals surface area contributed by atoms with Crippen molar-refractivity contribution in [3.8, 4) is 0 Å². The van der Waals surface area contributed by atoms with E-state index in [1.807, 2.05) is 0 Å². The molecule has 0 spiro atoms. The summed E-state index contributed by atoms with van der Waals surface area (Å²) in [5, 5.41) is 0. The zero-order valence-corrected chi connectivity index (χ0v) is 5.83. The van der Waals surface area contributed by atoms with Crippen molar-refractivity contribution in [1.82, 2.24) is 0 Å². The van der Waals surface area contributed by atoms with Crippen LogP contribution in [0.2, 0.25) is 0 Å². The van der Waals surface area contributed by atoms with Gasteiger partial charge in [-0.3, -0.25) is 0 Å². The Morgan fingerprint density at radius 2 is 1.00 bits per heavy atom. The van der Waals surface area contributed by atoms with Gasteiger partial charge in [-0.2, -0.15) is 0 Å². The molecule has 0 rings (SSSR count). The van der Waals surface area contributed by atoms with Crippen molar-refractivity contribution >= 4 is 0 Å². The van der Waals surface area contributed by atoms with Crippen molar-refractivity contribution < 1.29 is 60.5 Å². The van der Waals surface area contributed by atoms with E-state index < -0.39 is 0 Å². The molecule has 0 heterocycles. The first-order chi connectivity index (χ1) is 0. The summed E-state index contributed by atoms with van der Waals surface area (Å²) in [4.78, 5) is 0. The van der Waals surface area contributed by atoms with Gasteiger partial charge in [0.05, 0.1) is 0 Å². The Hall–Kier alpha value is 1.95. The van der Waals surface area contributed by atoms with Crippen LogP contribution in [0, 0.1) is 0 Å². The summed E-state index contributed by atoms with van der Waals surface area (Å²) in [5.74, 6) is 0. The van der Waals surface area contributed by atoms with Crippen LogP contribution in [0.1, 0.15) is 7.43 Å². The molecular weight excluding hydrogens is 371 g/mol. The van der Waals surface area contributed by atoms with Crippen LogP contribution in [0.4, 0.5) is 0 Å². The third-order valence-electron chi connectivity index (χ3n) is 0. The molecule has 0 saturated carbocycles. The van der Waals surface area contributed by atoms with Crippen molar-refractivity contribution in [1.29, 1.82) is 0 Å². The predicted molar refractivity (Wildman–Crippen MR) is 6.73 cm³/mol. The largest absolute Gasteiger partial charge is 0.0776 e. The SMILES string of the molecule is C.[Ag].[Fe].[Pt]. The van der Waals surface area contributed by atoms with Crippen LogP contribution >= 0.6 is 0 Å². The van der Waals surface area contributed by atoms with Gasteiger partial charge in [0, 0.05) is 60.5 Å². The molecule has 0 bridgehead atoms. The fourth-order valence-corrected chi connectivity index (χ4v) is 0. The summed E-state index contributed by atoms with van der Waals surface area (Å²) in [6.45, 7) is 0. The maximum Gasteiger partial charge on any atom is 0 e.